The molecule has 2 nitrogen and oxygen atoms in total. The highest BCUT2D eigenvalue weighted by molar-refractivity contribution is 5.85. The van der Waals surface area contributed by atoms with E-state index in [-0.39, 0.29) is 12.4 Å². The fraction of sp³-hybridized carbons (Fsp3) is 0.429. The van der Waals surface area contributed by atoms with E-state index >= 15 is 0 Å². The van der Waals surface area contributed by atoms with Crippen molar-refractivity contribution in [3.8, 4) is 0 Å². The van der Waals surface area contributed by atoms with Crippen molar-refractivity contribution >= 4 is 12.4 Å². The molecule has 0 N–H and O–H groups in total. The summed E-state index contributed by atoms with van der Waals surface area (Å²) in [4.78, 5) is 4.91. The maximum Gasteiger partial charge on any atom is 0.0240 e. The van der Waals surface area contributed by atoms with Crippen LogP contribution in [0.5, 0.6) is 0 Å². The number of fused-ring (bicyclic) bond motifs is 2. The predicted octanol–water partition coefficient (Wildman–Crippen LogP) is 4.16. The van der Waals surface area contributed by atoms with Crippen LogP contribution in [0.1, 0.15) is 29.2 Å². The van der Waals surface area contributed by atoms with Crippen LogP contribution in [0.3, 0.4) is 0 Å². The van der Waals surface area contributed by atoms with Gasteiger partial charge in [-0.15, -0.1) is 12.4 Å². The van der Waals surface area contributed by atoms with Gasteiger partial charge in [0.25, 0.3) is 0 Å². The van der Waals surface area contributed by atoms with E-state index in [1.165, 1.54) is 22.3 Å². The first-order valence-corrected chi connectivity index (χ1v) is 8.66. The summed E-state index contributed by atoms with van der Waals surface area (Å²) in [5, 5.41) is 0. The lowest BCUT2D eigenvalue weighted by Crippen LogP contribution is -2.38. The smallest absolute Gasteiger partial charge is 0.0240 e. The van der Waals surface area contributed by atoms with Crippen molar-refractivity contribution in [3.05, 3.63) is 70.8 Å². The molecular weight excluding hydrogens is 316 g/mol. The zero-order valence-electron chi connectivity index (χ0n) is 15.0. The van der Waals surface area contributed by atoms with Crippen molar-refractivity contribution in [2.45, 2.75) is 38.9 Å². The number of hydrogen-bond acceptors (Lipinski definition) is 2. The highest BCUT2D eigenvalue weighted by Crippen LogP contribution is 2.22. The van der Waals surface area contributed by atoms with Gasteiger partial charge >= 0.3 is 0 Å². The molecule has 0 aromatic heterocycles. The van der Waals surface area contributed by atoms with Gasteiger partial charge < -0.3 is 4.90 Å². The zero-order valence-corrected chi connectivity index (χ0v) is 15.9. The van der Waals surface area contributed by atoms with Gasteiger partial charge in [0.15, 0.2) is 0 Å². The van der Waals surface area contributed by atoms with Crippen molar-refractivity contribution < 1.29 is 0 Å². The summed E-state index contributed by atoms with van der Waals surface area (Å²) in [6, 6.07) is 18.5. The van der Waals surface area contributed by atoms with E-state index in [4.69, 9.17) is 0 Å². The maximum atomic E-state index is 2.60. The third-order valence-corrected chi connectivity index (χ3v) is 5.09. The Morgan fingerprint density at radius 2 is 1.25 bits per heavy atom. The number of hydrogen-bond donors (Lipinski definition) is 0. The van der Waals surface area contributed by atoms with E-state index in [0.29, 0.717) is 6.04 Å². The van der Waals surface area contributed by atoms with E-state index in [1.54, 1.807) is 0 Å². The van der Waals surface area contributed by atoms with E-state index in [9.17, 15) is 0 Å². The largest absolute Gasteiger partial charge is 0.305 e. The Morgan fingerprint density at radius 1 is 0.833 bits per heavy atom. The topological polar surface area (TPSA) is 6.48 Å². The minimum absolute atomic E-state index is 0. The summed E-state index contributed by atoms with van der Waals surface area (Å²) in [7, 11) is 4.34. The lowest BCUT2D eigenvalue weighted by Gasteiger charge is -2.29. The summed E-state index contributed by atoms with van der Waals surface area (Å²) >= 11 is 0. The van der Waals surface area contributed by atoms with Crippen LogP contribution < -0.4 is 0 Å². The molecule has 0 bridgehead atoms. The second-order valence-corrected chi connectivity index (χ2v) is 7.02. The molecule has 0 saturated carbocycles. The van der Waals surface area contributed by atoms with Gasteiger partial charge in [0.05, 0.1) is 0 Å². The number of halogens is 1. The first-order valence-electron chi connectivity index (χ1n) is 8.66. The van der Waals surface area contributed by atoms with Crippen LogP contribution in [0.25, 0.3) is 0 Å². The highest BCUT2D eigenvalue weighted by atomic mass is 35.5. The monoisotopic (exact) mass is 344 g/mol. The standard InChI is InChI=1S/C21H28N2.ClH/c1-17(22(2)3)14-23-15-20-10-6-4-8-18(20)12-13-19-9-5-7-11-21(19)16-23;/h4-11,17H,12-16H2,1-3H3;1H. The number of nitrogens with zero attached hydrogens (tertiary/aromatic N) is 2. The zero-order chi connectivity index (χ0) is 16.2. The molecule has 2 aromatic rings. The lowest BCUT2D eigenvalue weighted by molar-refractivity contribution is 0.180. The molecule has 3 rings (SSSR count). The molecule has 1 heterocycles. The Kier molecular flexibility index (Phi) is 6.85. The van der Waals surface area contributed by atoms with Crippen LogP contribution in [-0.4, -0.2) is 36.5 Å². The molecule has 0 saturated heterocycles. The van der Waals surface area contributed by atoms with Gasteiger partial charge in [-0.2, -0.15) is 0 Å². The molecule has 1 aliphatic rings. The van der Waals surface area contributed by atoms with E-state index in [1.807, 2.05) is 0 Å². The predicted molar refractivity (Wildman–Crippen MR) is 105 cm³/mol. The minimum Gasteiger partial charge on any atom is -0.305 e. The van der Waals surface area contributed by atoms with Crippen LogP contribution in [0, 0.1) is 0 Å². The quantitative estimate of drug-likeness (QED) is 0.825. The summed E-state index contributed by atoms with van der Waals surface area (Å²) in [5.74, 6) is 0. The fourth-order valence-corrected chi connectivity index (χ4v) is 3.38. The van der Waals surface area contributed by atoms with Gasteiger partial charge in [-0.1, -0.05) is 48.5 Å². The number of rotatable bonds is 3. The lowest BCUT2D eigenvalue weighted by atomic mass is 9.98. The maximum absolute atomic E-state index is 2.60. The SMILES string of the molecule is CC(CN1Cc2ccccc2CCc2ccccc2C1)N(C)C.Cl. The van der Waals surface area contributed by atoms with Crippen LogP contribution in [0.4, 0.5) is 0 Å². The average molecular weight is 345 g/mol. The van der Waals surface area contributed by atoms with Crippen molar-refractivity contribution in [1.82, 2.24) is 9.80 Å². The molecule has 0 amide bonds. The van der Waals surface area contributed by atoms with Crippen molar-refractivity contribution in [2.24, 2.45) is 0 Å². The third-order valence-electron chi connectivity index (χ3n) is 5.09. The third kappa shape index (κ3) is 4.60. The number of aryl methyl sites for hydroxylation is 2. The fourth-order valence-electron chi connectivity index (χ4n) is 3.38. The van der Waals surface area contributed by atoms with Crippen LogP contribution in [0.15, 0.2) is 48.5 Å². The first kappa shape index (κ1) is 19.0. The number of likely N-dealkylation sites (N-methyl/N-ethyl adjacent to an activating group) is 1. The molecule has 130 valence electrons. The Hall–Kier alpha value is -1.35. The minimum atomic E-state index is 0. The summed E-state index contributed by atoms with van der Waals surface area (Å²) in [5.41, 5.74) is 6.00. The van der Waals surface area contributed by atoms with Crippen LogP contribution in [0.2, 0.25) is 0 Å². The second kappa shape index (κ2) is 8.66. The van der Waals surface area contributed by atoms with Gasteiger partial charge in [0.1, 0.15) is 0 Å². The molecular formula is C21H29ClN2. The molecule has 0 aliphatic carbocycles. The molecule has 1 aliphatic heterocycles. The molecule has 1 atom stereocenters. The number of benzene rings is 2. The molecule has 0 spiro atoms. The van der Waals surface area contributed by atoms with Crippen molar-refractivity contribution in [3.63, 3.8) is 0 Å². The Morgan fingerprint density at radius 3 is 1.67 bits per heavy atom. The second-order valence-electron chi connectivity index (χ2n) is 7.02. The molecule has 3 heteroatoms. The van der Waals surface area contributed by atoms with Crippen molar-refractivity contribution in [1.29, 1.82) is 0 Å². The highest BCUT2D eigenvalue weighted by Gasteiger charge is 2.17. The van der Waals surface area contributed by atoms with Gasteiger partial charge in [-0.05, 0) is 56.1 Å². The molecule has 0 fully saturated rings. The Bertz CT molecular complexity index is 604. The summed E-state index contributed by atoms with van der Waals surface area (Å²) in [6.45, 7) is 5.49. The first-order chi connectivity index (χ1) is 11.1. The Labute approximate surface area is 152 Å². The van der Waals surface area contributed by atoms with E-state index in [0.717, 1.165) is 32.5 Å². The van der Waals surface area contributed by atoms with Gasteiger partial charge in [0.2, 0.25) is 0 Å². The van der Waals surface area contributed by atoms with Crippen LogP contribution >= 0.6 is 12.4 Å². The van der Waals surface area contributed by atoms with E-state index < -0.39 is 0 Å². The molecule has 24 heavy (non-hydrogen) atoms. The summed E-state index contributed by atoms with van der Waals surface area (Å²) in [6.07, 6.45) is 2.29. The molecule has 0 radical (unpaired) electrons. The van der Waals surface area contributed by atoms with Gasteiger partial charge in [-0.3, -0.25) is 4.90 Å². The molecule has 1 unspecified atom stereocenters. The average Bonchev–Trinajstić information content (AvgIpc) is 2.61. The van der Waals surface area contributed by atoms with E-state index in [2.05, 4.69) is 79.3 Å². The van der Waals surface area contributed by atoms with Crippen molar-refractivity contribution in [2.75, 3.05) is 20.6 Å². The van der Waals surface area contributed by atoms with Gasteiger partial charge in [-0.25, -0.2) is 0 Å². The normalized spacial score (nSPS) is 16.2. The summed E-state index contributed by atoms with van der Waals surface area (Å²) < 4.78 is 0. The molecule has 2 aromatic carbocycles. The van der Waals surface area contributed by atoms with Gasteiger partial charge in [0, 0.05) is 25.7 Å². The Balaban J connectivity index is 0.00000208. The van der Waals surface area contributed by atoms with Crippen LogP contribution in [-0.2, 0) is 25.9 Å².